The van der Waals surface area contributed by atoms with E-state index < -0.39 is 0 Å². The Morgan fingerprint density at radius 2 is 1.95 bits per heavy atom. The maximum atomic E-state index is 11.1. The fraction of sp³-hybridized carbons (Fsp3) is 0.450. The molecule has 3 aliphatic rings. The molecule has 1 N–H and O–H groups in total. The molecular weight excluding hydrogens is 270 g/mol. The molecule has 3 aliphatic carbocycles. The van der Waals surface area contributed by atoms with Gasteiger partial charge in [0.15, 0.2) is 0 Å². The highest BCUT2D eigenvalue weighted by Gasteiger charge is 2.43. The molecule has 1 aromatic heterocycles. The number of hydrogen-bond acceptors (Lipinski definition) is 2. The van der Waals surface area contributed by atoms with Gasteiger partial charge in [0.25, 0.3) is 0 Å². The molecule has 2 bridgehead atoms. The van der Waals surface area contributed by atoms with E-state index in [4.69, 9.17) is 0 Å². The van der Waals surface area contributed by atoms with Crippen LogP contribution in [-0.2, 0) is 0 Å². The number of allylic oxidation sites excluding steroid dienone is 1. The summed E-state index contributed by atoms with van der Waals surface area (Å²) in [5.74, 6) is 2.40. The Labute approximate surface area is 131 Å². The van der Waals surface area contributed by atoms with Gasteiger partial charge < -0.3 is 5.11 Å². The Kier molecular flexibility index (Phi) is 3.50. The summed E-state index contributed by atoms with van der Waals surface area (Å²) >= 11 is 0. The van der Waals surface area contributed by atoms with Crippen LogP contribution < -0.4 is 0 Å². The quantitative estimate of drug-likeness (QED) is 0.845. The second kappa shape index (κ2) is 5.51. The molecule has 2 nitrogen and oxygen atoms in total. The number of benzene rings is 1. The van der Waals surface area contributed by atoms with Crippen LogP contribution in [0.3, 0.4) is 0 Å². The molecular formula is C20H23NO. The van der Waals surface area contributed by atoms with Crippen molar-refractivity contribution < 1.29 is 5.11 Å². The van der Waals surface area contributed by atoms with E-state index in [9.17, 15) is 5.11 Å². The van der Waals surface area contributed by atoms with Crippen molar-refractivity contribution >= 4 is 10.9 Å². The van der Waals surface area contributed by atoms with E-state index in [1.165, 1.54) is 19.3 Å². The van der Waals surface area contributed by atoms with E-state index >= 15 is 0 Å². The van der Waals surface area contributed by atoms with Gasteiger partial charge in [-0.15, -0.1) is 6.58 Å². The third-order valence-electron chi connectivity index (χ3n) is 5.98. The summed E-state index contributed by atoms with van der Waals surface area (Å²) in [5.41, 5.74) is 2.03. The first-order valence-corrected chi connectivity index (χ1v) is 8.42. The molecule has 2 heteroatoms. The summed E-state index contributed by atoms with van der Waals surface area (Å²) in [5, 5.41) is 12.2. The summed E-state index contributed by atoms with van der Waals surface area (Å²) in [6, 6.07) is 10.1. The maximum Gasteiger partial charge on any atom is 0.0828 e. The van der Waals surface area contributed by atoms with Crippen LogP contribution in [0.2, 0.25) is 0 Å². The summed E-state index contributed by atoms with van der Waals surface area (Å²) < 4.78 is 0. The van der Waals surface area contributed by atoms with Crippen molar-refractivity contribution in [2.45, 2.75) is 31.8 Å². The Morgan fingerprint density at radius 3 is 2.73 bits per heavy atom. The normalized spacial score (nSPS) is 32.0. The number of nitrogens with zero attached hydrogens (tertiary/aromatic N) is 1. The number of aliphatic hydroxyl groups excluding tert-OH is 1. The molecule has 1 heterocycles. The molecule has 0 spiro atoms. The molecule has 5 rings (SSSR count). The van der Waals surface area contributed by atoms with Gasteiger partial charge in [-0.05, 0) is 67.1 Å². The minimum atomic E-state index is -0.369. The molecule has 1 aromatic carbocycles. The molecule has 3 unspecified atom stereocenters. The number of aromatic nitrogens is 1. The highest BCUT2D eigenvalue weighted by atomic mass is 16.3. The van der Waals surface area contributed by atoms with Crippen molar-refractivity contribution in [2.24, 2.45) is 23.7 Å². The van der Waals surface area contributed by atoms with Crippen molar-refractivity contribution in [3.8, 4) is 0 Å². The van der Waals surface area contributed by atoms with Gasteiger partial charge in [-0.3, -0.25) is 4.98 Å². The first-order valence-electron chi connectivity index (χ1n) is 8.42. The molecule has 0 amide bonds. The second-order valence-electron chi connectivity index (χ2n) is 6.99. The van der Waals surface area contributed by atoms with Gasteiger partial charge in [0.1, 0.15) is 0 Å². The lowest BCUT2D eigenvalue weighted by Gasteiger charge is -2.48. The standard InChI is InChI=1S/C20H23NO/c1-2-13-11-15-8-7-14(13)12-18(15)20(22)17-9-10-21-19-6-4-3-5-16(17)19/h2-6,9-10,13-15,18,20,22H,1,7-8,11-12H2/t13?,14?,15?,18-,20-/m1/s1. The van der Waals surface area contributed by atoms with Crippen molar-refractivity contribution in [3.05, 3.63) is 54.7 Å². The first kappa shape index (κ1) is 14.0. The number of pyridine rings is 1. The molecule has 3 fully saturated rings. The lowest BCUT2D eigenvalue weighted by atomic mass is 9.58. The number of fused-ring (bicyclic) bond motifs is 4. The Morgan fingerprint density at radius 1 is 1.14 bits per heavy atom. The number of aliphatic hydroxyl groups is 1. The van der Waals surface area contributed by atoms with Gasteiger partial charge in [-0.2, -0.15) is 0 Å². The summed E-state index contributed by atoms with van der Waals surface area (Å²) in [4.78, 5) is 4.42. The zero-order valence-electron chi connectivity index (χ0n) is 12.9. The molecule has 114 valence electrons. The Bertz CT molecular complexity index is 690. The lowest BCUT2D eigenvalue weighted by Crippen LogP contribution is -2.39. The molecule has 2 aromatic rings. The highest BCUT2D eigenvalue weighted by Crippen LogP contribution is 2.52. The third-order valence-corrected chi connectivity index (χ3v) is 5.98. The molecule has 0 saturated heterocycles. The van der Waals surface area contributed by atoms with E-state index in [1.54, 1.807) is 0 Å². The molecule has 5 atom stereocenters. The third kappa shape index (κ3) is 2.17. The predicted octanol–water partition coefficient (Wildman–Crippen LogP) is 4.51. The minimum absolute atomic E-state index is 0.369. The molecule has 3 saturated carbocycles. The first-order chi connectivity index (χ1) is 10.8. The fourth-order valence-corrected chi connectivity index (χ4v) is 4.81. The van der Waals surface area contributed by atoms with Crippen LogP contribution in [0.1, 0.15) is 37.4 Å². The van der Waals surface area contributed by atoms with E-state index in [2.05, 4.69) is 23.7 Å². The topological polar surface area (TPSA) is 33.1 Å². The summed E-state index contributed by atoms with van der Waals surface area (Å²) in [6.07, 6.45) is 8.52. The predicted molar refractivity (Wildman–Crippen MR) is 89.3 cm³/mol. The van der Waals surface area contributed by atoms with Crippen molar-refractivity contribution in [1.29, 1.82) is 0 Å². The SMILES string of the molecule is C=CC1CC2CCC1C[C@H]2[C@H](O)c1ccnc2ccccc12. The van der Waals surface area contributed by atoms with Gasteiger partial charge >= 0.3 is 0 Å². The average molecular weight is 293 g/mol. The highest BCUT2D eigenvalue weighted by molar-refractivity contribution is 5.82. The maximum absolute atomic E-state index is 11.1. The van der Waals surface area contributed by atoms with Gasteiger partial charge in [0.05, 0.1) is 11.6 Å². The van der Waals surface area contributed by atoms with Gasteiger partial charge in [-0.25, -0.2) is 0 Å². The van der Waals surface area contributed by atoms with Crippen LogP contribution in [0.5, 0.6) is 0 Å². The number of rotatable bonds is 3. The van der Waals surface area contributed by atoms with Crippen molar-refractivity contribution in [3.63, 3.8) is 0 Å². The largest absolute Gasteiger partial charge is 0.388 e. The van der Waals surface area contributed by atoms with Crippen LogP contribution in [0.4, 0.5) is 0 Å². The minimum Gasteiger partial charge on any atom is -0.388 e. The zero-order chi connectivity index (χ0) is 15.1. The van der Waals surface area contributed by atoms with Crippen molar-refractivity contribution in [1.82, 2.24) is 4.98 Å². The lowest BCUT2D eigenvalue weighted by molar-refractivity contribution is -0.0217. The van der Waals surface area contributed by atoms with Crippen LogP contribution in [0, 0.1) is 23.7 Å². The Hall–Kier alpha value is -1.67. The number of para-hydroxylation sites is 1. The van der Waals surface area contributed by atoms with Crippen LogP contribution in [0.15, 0.2) is 49.2 Å². The van der Waals surface area contributed by atoms with E-state index in [0.29, 0.717) is 17.8 Å². The smallest absolute Gasteiger partial charge is 0.0828 e. The van der Waals surface area contributed by atoms with E-state index in [1.807, 2.05) is 30.5 Å². The van der Waals surface area contributed by atoms with Gasteiger partial charge in [0.2, 0.25) is 0 Å². The Balaban J connectivity index is 1.67. The average Bonchev–Trinajstić information content (AvgIpc) is 2.60. The molecule has 22 heavy (non-hydrogen) atoms. The molecule has 0 radical (unpaired) electrons. The zero-order valence-corrected chi connectivity index (χ0v) is 12.9. The van der Waals surface area contributed by atoms with Gasteiger partial charge in [0, 0.05) is 11.6 Å². The summed E-state index contributed by atoms with van der Waals surface area (Å²) in [6.45, 7) is 4.00. The van der Waals surface area contributed by atoms with Crippen LogP contribution >= 0.6 is 0 Å². The van der Waals surface area contributed by atoms with Crippen LogP contribution in [0.25, 0.3) is 10.9 Å². The second-order valence-corrected chi connectivity index (χ2v) is 6.99. The van der Waals surface area contributed by atoms with E-state index in [0.717, 1.165) is 28.8 Å². The summed E-state index contributed by atoms with van der Waals surface area (Å²) in [7, 11) is 0. The number of hydrogen-bond donors (Lipinski definition) is 1. The molecule has 0 aliphatic heterocycles. The fourth-order valence-electron chi connectivity index (χ4n) is 4.81. The van der Waals surface area contributed by atoms with Crippen molar-refractivity contribution in [2.75, 3.05) is 0 Å². The van der Waals surface area contributed by atoms with E-state index in [-0.39, 0.29) is 6.10 Å². The van der Waals surface area contributed by atoms with Gasteiger partial charge in [-0.1, -0.05) is 24.3 Å². The monoisotopic (exact) mass is 293 g/mol. The van der Waals surface area contributed by atoms with Crippen LogP contribution in [-0.4, -0.2) is 10.1 Å².